The number of rotatable bonds is 3. The number of ether oxygens (including phenoxy) is 1. The number of aliphatic hydroxyl groups is 1. The van der Waals surface area contributed by atoms with Crippen LogP contribution in [-0.4, -0.2) is 81.9 Å². The van der Waals surface area contributed by atoms with Crippen LogP contribution in [0.4, 0.5) is 0 Å². The molecule has 4 atom stereocenters. The molecule has 0 radical (unpaired) electrons. The first-order chi connectivity index (χ1) is 14.6. The summed E-state index contributed by atoms with van der Waals surface area (Å²) in [6, 6.07) is 7.33. The average molecular weight is 412 g/mol. The summed E-state index contributed by atoms with van der Waals surface area (Å²) in [5, 5.41) is 11.3. The highest BCUT2D eigenvalue weighted by molar-refractivity contribution is 5.79. The highest BCUT2D eigenvalue weighted by atomic mass is 16.5. The number of benzene rings is 1. The number of likely N-dealkylation sites (tertiary alicyclic amines) is 1. The second-order valence-corrected chi connectivity index (χ2v) is 8.77. The van der Waals surface area contributed by atoms with Crippen molar-refractivity contribution in [3.05, 3.63) is 40.9 Å². The summed E-state index contributed by atoms with van der Waals surface area (Å²) in [4.78, 5) is 34.2. The van der Waals surface area contributed by atoms with Crippen molar-refractivity contribution in [2.45, 2.75) is 31.5 Å². The lowest BCUT2D eigenvalue weighted by molar-refractivity contribution is -0.131. The van der Waals surface area contributed by atoms with Gasteiger partial charge < -0.3 is 14.7 Å². The van der Waals surface area contributed by atoms with Crippen molar-refractivity contribution in [3.63, 3.8) is 0 Å². The van der Waals surface area contributed by atoms with E-state index < -0.39 is 0 Å². The summed E-state index contributed by atoms with van der Waals surface area (Å²) < 4.78 is 6.85. The number of carbonyl (C=O) groups excluding carboxylic acids is 1. The Hall–Kier alpha value is -2.29. The number of nitrogens with zero attached hydrogens (tertiary/aromatic N) is 4. The van der Waals surface area contributed by atoms with Crippen molar-refractivity contribution < 1.29 is 14.6 Å². The number of carbonyl (C=O) groups is 1. The van der Waals surface area contributed by atoms with E-state index in [1.54, 1.807) is 18.2 Å². The molecule has 0 unspecified atom stereocenters. The molecule has 2 saturated heterocycles. The summed E-state index contributed by atoms with van der Waals surface area (Å²) in [5.74, 6) is 0.672. The lowest BCUT2D eigenvalue weighted by Crippen LogP contribution is -2.53. The SMILES string of the molecule is O=C(Cn1cnc2ccccc2c1=O)N1C[C@H]2C[C@@H](N3CCOCC3)[C@H](O)C[C@H]2C1. The lowest BCUT2D eigenvalue weighted by atomic mass is 9.77. The minimum absolute atomic E-state index is 0.00551. The number of para-hydroxylation sites is 1. The van der Waals surface area contributed by atoms with E-state index in [9.17, 15) is 14.7 Å². The lowest BCUT2D eigenvalue weighted by Gasteiger charge is -2.43. The van der Waals surface area contributed by atoms with Gasteiger partial charge in [0.25, 0.3) is 5.56 Å². The van der Waals surface area contributed by atoms with Gasteiger partial charge in [0.05, 0.1) is 36.5 Å². The highest BCUT2D eigenvalue weighted by Gasteiger charge is 2.44. The quantitative estimate of drug-likeness (QED) is 0.782. The van der Waals surface area contributed by atoms with Crippen LogP contribution in [0.25, 0.3) is 10.9 Å². The van der Waals surface area contributed by atoms with Crippen molar-refractivity contribution in [3.8, 4) is 0 Å². The number of aromatic nitrogens is 2. The van der Waals surface area contributed by atoms with Crippen LogP contribution in [0.1, 0.15) is 12.8 Å². The zero-order valence-electron chi connectivity index (χ0n) is 17.0. The fraction of sp³-hybridized carbons (Fsp3) is 0.591. The van der Waals surface area contributed by atoms with Crippen LogP contribution in [0.15, 0.2) is 35.4 Å². The topological polar surface area (TPSA) is 87.9 Å². The maximum atomic E-state index is 13.0. The summed E-state index contributed by atoms with van der Waals surface area (Å²) >= 11 is 0. The van der Waals surface area contributed by atoms with Gasteiger partial charge in [-0.15, -0.1) is 0 Å². The fourth-order valence-electron chi connectivity index (χ4n) is 5.38. The Labute approximate surface area is 175 Å². The molecule has 3 heterocycles. The summed E-state index contributed by atoms with van der Waals surface area (Å²) in [5.41, 5.74) is 0.454. The van der Waals surface area contributed by atoms with Gasteiger partial charge in [0.15, 0.2) is 0 Å². The molecule has 8 nitrogen and oxygen atoms in total. The number of morpholine rings is 1. The van der Waals surface area contributed by atoms with Crippen LogP contribution < -0.4 is 5.56 Å². The van der Waals surface area contributed by atoms with E-state index in [1.165, 1.54) is 10.9 Å². The van der Waals surface area contributed by atoms with E-state index in [0.29, 0.717) is 35.8 Å². The van der Waals surface area contributed by atoms with E-state index in [4.69, 9.17) is 4.74 Å². The Morgan fingerprint density at radius 2 is 1.87 bits per heavy atom. The second-order valence-electron chi connectivity index (χ2n) is 8.77. The average Bonchev–Trinajstić information content (AvgIpc) is 3.19. The predicted octanol–water partition coefficient (Wildman–Crippen LogP) is 0.327. The molecular weight excluding hydrogens is 384 g/mol. The Bertz CT molecular complexity index is 987. The molecule has 3 aliphatic rings. The van der Waals surface area contributed by atoms with E-state index >= 15 is 0 Å². The van der Waals surface area contributed by atoms with E-state index in [2.05, 4.69) is 9.88 Å². The molecule has 0 bridgehead atoms. The molecule has 2 aliphatic heterocycles. The minimum atomic E-state index is -0.355. The monoisotopic (exact) mass is 412 g/mol. The summed E-state index contributed by atoms with van der Waals surface area (Å²) in [7, 11) is 0. The van der Waals surface area contributed by atoms with Gasteiger partial charge in [-0.1, -0.05) is 12.1 Å². The van der Waals surface area contributed by atoms with Crippen molar-refractivity contribution in [1.82, 2.24) is 19.4 Å². The Kier molecular flexibility index (Phi) is 5.30. The smallest absolute Gasteiger partial charge is 0.261 e. The van der Waals surface area contributed by atoms with Crippen molar-refractivity contribution in [2.75, 3.05) is 39.4 Å². The van der Waals surface area contributed by atoms with Crippen LogP contribution in [0, 0.1) is 11.8 Å². The normalized spacial score (nSPS) is 29.8. The Morgan fingerprint density at radius 1 is 1.13 bits per heavy atom. The molecule has 0 spiro atoms. The van der Waals surface area contributed by atoms with Gasteiger partial charge >= 0.3 is 0 Å². The van der Waals surface area contributed by atoms with Crippen molar-refractivity contribution in [2.24, 2.45) is 11.8 Å². The van der Waals surface area contributed by atoms with Gasteiger partial charge in [0, 0.05) is 32.2 Å². The molecule has 1 aromatic carbocycles. The number of hydrogen-bond acceptors (Lipinski definition) is 6. The van der Waals surface area contributed by atoms with Gasteiger partial charge in [-0.3, -0.25) is 19.1 Å². The van der Waals surface area contributed by atoms with Gasteiger partial charge in [-0.2, -0.15) is 0 Å². The van der Waals surface area contributed by atoms with Gasteiger partial charge in [0.1, 0.15) is 6.54 Å². The maximum absolute atomic E-state index is 13.0. The number of hydrogen-bond donors (Lipinski definition) is 1. The largest absolute Gasteiger partial charge is 0.391 e. The highest BCUT2D eigenvalue weighted by Crippen LogP contribution is 2.38. The Balaban J connectivity index is 1.26. The second kappa shape index (κ2) is 8.09. The van der Waals surface area contributed by atoms with Crippen molar-refractivity contribution in [1.29, 1.82) is 0 Å². The Morgan fingerprint density at radius 3 is 2.67 bits per heavy atom. The minimum Gasteiger partial charge on any atom is -0.391 e. The molecule has 5 rings (SSSR count). The molecule has 1 N–H and O–H groups in total. The molecule has 1 amide bonds. The summed E-state index contributed by atoms with van der Waals surface area (Å²) in [6.45, 7) is 4.52. The zero-order valence-corrected chi connectivity index (χ0v) is 17.0. The third-order valence-electron chi connectivity index (χ3n) is 7.01. The molecule has 30 heavy (non-hydrogen) atoms. The first-order valence-corrected chi connectivity index (χ1v) is 10.8. The van der Waals surface area contributed by atoms with Crippen LogP contribution in [0.3, 0.4) is 0 Å². The van der Waals surface area contributed by atoms with Crippen molar-refractivity contribution >= 4 is 16.8 Å². The molecule has 1 aliphatic carbocycles. The maximum Gasteiger partial charge on any atom is 0.261 e. The van der Waals surface area contributed by atoms with E-state index in [0.717, 1.165) is 39.1 Å². The fourth-order valence-corrected chi connectivity index (χ4v) is 5.38. The van der Waals surface area contributed by atoms with Crippen LogP contribution in [0.5, 0.6) is 0 Å². The van der Waals surface area contributed by atoms with Crippen LogP contribution in [0.2, 0.25) is 0 Å². The van der Waals surface area contributed by atoms with Crippen LogP contribution >= 0.6 is 0 Å². The van der Waals surface area contributed by atoms with E-state index in [1.807, 2.05) is 11.0 Å². The first-order valence-electron chi connectivity index (χ1n) is 10.8. The number of amides is 1. The predicted molar refractivity (Wildman–Crippen MR) is 111 cm³/mol. The molecule has 160 valence electrons. The molecule has 2 aromatic rings. The third kappa shape index (κ3) is 3.64. The van der Waals surface area contributed by atoms with Crippen LogP contribution in [-0.2, 0) is 16.1 Å². The van der Waals surface area contributed by atoms with Gasteiger partial charge in [-0.25, -0.2) is 4.98 Å². The zero-order chi connectivity index (χ0) is 20.7. The van der Waals surface area contributed by atoms with E-state index in [-0.39, 0.29) is 30.2 Å². The van der Waals surface area contributed by atoms with Gasteiger partial charge in [0.2, 0.25) is 5.91 Å². The summed E-state index contributed by atoms with van der Waals surface area (Å²) in [6.07, 6.45) is 2.75. The molecular formula is C22H28N4O4. The van der Waals surface area contributed by atoms with Gasteiger partial charge in [-0.05, 0) is 36.8 Å². The number of aliphatic hydroxyl groups excluding tert-OH is 1. The molecule has 1 aromatic heterocycles. The molecule has 3 fully saturated rings. The number of fused-ring (bicyclic) bond motifs is 2. The standard InChI is InChI=1S/C22H28N4O4/c27-20-10-16-12-25(11-15(16)9-19(20)24-5-7-30-8-6-24)21(28)13-26-14-23-18-4-2-1-3-17(18)22(26)29/h1-4,14-16,19-20,27H,5-13H2/t15-,16+,19-,20-/m1/s1. The first kappa shape index (κ1) is 19.7. The molecule has 8 heteroatoms. The third-order valence-corrected chi connectivity index (χ3v) is 7.01. The molecule has 1 saturated carbocycles.